The van der Waals surface area contributed by atoms with Crippen LogP contribution in [0.4, 0.5) is 26.3 Å². The van der Waals surface area contributed by atoms with Crippen LogP contribution in [0.15, 0.2) is 164 Å². The SMILES string of the molecule is CCOC(=O)c1cnn(-c2cccc(-c3cc(F)cc(F)c3O)n2)c1OC.CCOC(=O)c1cnn(-c2cccc(-c3cccc(C(F)(F)F)c3O)n2)c1OC.CCOC(=O)c1cnn(-c2cccc(-c3cccc(Cl)c3O)n2)c1OC.CCOC(=O)c1cnn(-c2cccc(-c3cccc(F)c3O)n2)c1OC. The third-order valence-electron chi connectivity index (χ3n) is 14.9. The second kappa shape index (κ2) is 35.3. The van der Waals surface area contributed by atoms with Crippen molar-refractivity contribution in [3.05, 3.63) is 215 Å². The fourth-order valence-corrected chi connectivity index (χ4v) is 10.3. The Hall–Kier alpha value is -13.5. The monoisotopic (exact) mass is 1510 g/mol. The minimum atomic E-state index is -4.71. The highest BCUT2D eigenvalue weighted by Crippen LogP contribution is 2.42. The third kappa shape index (κ3) is 17.5. The number of rotatable bonds is 20. The van der Waals surface area contributed by atoms with Crippen LogP contribution in [0.3, 0.4) is 0 Å². The molecule has 4 N–H and O–H groups in total. The van der Waals surface area contributed by atoms with E-state index in [9.17, 15) is 65.9 Å². The van der Waals surface area contributed by atoms with E-state index in [0.717, 1.165) is 18.2 Å². The van der Waals surface area contributed by atoms with Crippen molar-refractivity contribution in [1.29, 1.82) is 0 Å². The van der Waals surface area contributed by atoms with Gasteiger partial charge >= 0.3 is 30.1 Å². The highest BCUT2D eigenvalue weighted by atomic mass is 35.5. The van der Waals surface area contributed by atoms with Crippen molar-refractivity contribution in [2.45, 2.75) is 33.9 Å². The van der Waals surface area contributed by atoms with Crippen LogP contribution in [-0.4, -0.2) is 158 Å². The van der Waals surface area contributed by atoms with Crippen LogP contribution in [-0.2, 0) is 25.1 Å². The van der Waals surface area contributed by atoms with Gasteiger partial charge in [0.2, 0.25) is 23.5 Å². The average molecular weight is 1510 g/mol. The molecule has 0 radical (unpaired) electrons. The Morgan fingerprint density at radius 3 is 1.02 bits per heavy atom. The Labute approximate surface area is 614 Å². The van der Waals surface area contributed by atoms with Crippen LogP contribution < -0.4 is 18.9 Å². The van der Waals surface area contributed by atoms with Crippen molar-refractivity contribution in [2.24, 2.45) is 0 Å². The van der Waals surface area contributed by atoms with E-state index < -0.39 is 70.3 Å². The molecule has 28 nitrogen and oxygen atoms in total. The lowest BCUT2D eigenvalue weighted by atomic mass is 10.1. The zero-order valence-corrected chi connectivity index (χ0v) is 58.9. The summed E-state index contributed by atoms with van der Waals surface area (Å²) in [7, 11) is 5.52. The molecule has 8 heterocycles. The van der Waals surface area contributed by atoms with Gasteiger partial charge in [0, 0.05) is 28.3 Å². The van der Waals surface area contributed by atoms with Gasteiger partial charge in [-0.15, -0.1) is 0 Å². The van der Waals surface area contributed by atoms with Gasteiger partial charge in [-0.2, -0.15) is 52.3 Å². The molecule has 0 aliphatic heterocycles. The smallest absolute Gasteiger partial charge is 0.419 e. The topological polar surface area (TPSA) is 346 Å². The molecule has 0 spiro atoms. The first-order valence-electron chi connectivity index (χ1n) is 32.0. The van der Waals surface area contributed by atoms with Gasteiger partial charge in [0.15, 0.2) is 46.4 Å². The summed E-state index contributed by atoms with van der Waals surface area (Å²) in [6.45, 7) is 7.56. The number of benzene rings is 4. The number of methoxy groups -OCH3 is 4. The molecule has 35 heteroatoms. The molecule has 0 saturated carbocycles. The normalized spacial score (nSPS) is 10.8. The number of hydrogen-bond acceptors (Lipinski definition) is 24. The van der Waals surface area contributed by atoms with Gasteiger partial charge in [-0.3, -0.25) is 0 Å². The number of phenols is 4. The molecule has 12 rings (SSSR count). The third-order valence-corrected chi connectivity index (χ3v) is 15.2. The second-order valence-corrected chi connectivity index (χ2v) is 22.0. The minimum absolute atomic E-state index is 0.0568. The number of aromatic hydroxyl groups is 4. The highest BCUT2D eigenvalue weighted by Gasteiger charge is 2.35. The molecule has 0 fully saturated rings. The molecular formula is C73H63ClF6N12O16. The molecule has 0 atom stereocenters. The fraction of sp³-hybridized carbons (Fsp3) is 0.178. The molecule has 8 aromatic heterocycles. The molecule has 560 valence electrons. The lowest BCUT2D eigenvalue weighted by Crippen LogP contribution is -2.08. The highest BCUT2D eigenvalue weighted by molar-refractivity contribution is 6.32. The fourth-order valence-electron chi connectivity index (χ4n) is 10.1. The molecule has 0 bridgehead atoms. The number of alkyl halides is 3. The number of carbonyl (C=O) groups excluding carboxylic acids is 4. The first-order valence-corrected chi connectivity index (χ1v) is 32.3. The molecule has 0 saturated heterocycles. The molecule has 108 heavy (non-hydrogen) atoms. The van der Waals surface area contributed by atoms with E-state index in [1.807, 2.05) is 0 Å². The number of esters is 4. The summed E-state index contributed by atoms with van der Waals surface area (Å²) in [5.41, 5.74) is 0.914. The largest absolute Gasteiger partial charge is 0.507 e. The van der Waals surface area contributed by atoms with Crippen molar-refractivity contribution in [3.63, 3.8) is 0 Å². The van der Waals surface area contributed by atoms with Crippen molar-refractivity contribution in [1.82, 2.24) is 59.1 Å². The molecular weight excluding hydrogens is 1450 g/mol. The summed E-state index contributed by atoms with van der Waals surface area (Å²) in [5, 5.41) is 56.8. The summed E-state index contributed by atoms with van der Waals surface area (Å²) in [6.07, 6.45) is 0.488. The number of pyridine rings is 4. The lowest BCUT2D eigenvalue weighted by molar-refractivity contribution is -0.138. The van der Waals surface area contributed by atoms with Crippen LogP contribution in [0.2, 0.25) is 5.02 Å². The van der Waals surface area contributed by atoms with E-state index in [-0.39, 0.29) is 123 Å². The summed E-state index contributed by atoms with van der Waals surface area (Å²) in [6, 6.07) is 33.3. The van der Waals surface area contributed by atoms with E-state index in [1.54, 1.807) is 100 Å². The van der Waals surface area contributed by atoms with Gasteiger partial charge in [-0.05, 0) is 119 Å². The van der Waals surface area contributed by atoms with Crippen molar-refractivity contribution in [2.75, 3.05) is 54.9 Å². The number of hydrogen-bond donors (Lipinski definition) is 4. The summed E-state index contributed by atoms with van der Waals surface area (Å²) < 4.78 is 126. The number of aromatic nitrogens is 12. The first kappa shape index (κ1) is 78.6. The van der Waals surface area contributed by atoms with Gasteiger partial charge in [-0.1, -0.05) is 54.1 Å². The standard InChI is InChI=1S/C19H16F3N3O4.C18H16ClN3O4.C18H15F2N3O4.C18H16FN3O4/c1-3-29-18(27)12-10-23-25(17(12)28-2)15-9-5-8-14(24-15)11-6-4-7-13(16(11)26)19(20,21)22;1-3-26-18(24)12-10-20-22(17(12)25-2)15-9-5-8-14(21-15)11-6-4-7-13(19)16(11)23;1-3-27-18(25)12-9-21-23(17(12)26-2)15-6-4-5-14(22-15)11-7-10(19)8-13(20)16(11)24;1-3-26-18(24)12-10-20-22(17(12)25-2)15-9-5-8-14(21-15)11-6-4-7-13(19)16(11)23/h4-10,26H,3H2,1-2H3;4-10,23H,3H2,1-2H3;4-9,24H,3H2,1-2H3;4-10,23H,3H2,1-2H3. The summed E-state index contributed by atoms with van der Waals surface area (Å²) in [4.78, 5) is 65.4. The number of halogens is 7. The number of nitrogens with zero attached hydrogens (tertiary/aromatic N) is 12. The van der Waals surface area contributed by atoms with Gasteiger partial charge in [0.05, 0.1) is 113 Å². The predicted octanol–water partition coefficient (Wildman–Crippen LogP) is 13.4. The predicted molar refractivity (Wildman–Crippen MR) is 374 cm³/mol. The zero-order chi connectivity index (χ0) is 78.1. The van der Waals surface area contributed by atoms with E-state index in [4.69, 9.17) is 49.5 Å². The Kier molecular flexibility index (Phi) is 25.7. The Balaban J connectivity index is 0.000000166. The Morgan fingerprint density at radius 2 is 0.685 bits per heavy atom. The Bertz CT molecular complexity index is 5090. The van der Waals surface area contributed by atoms with Crippen molar-refractivity contribution in [3.8, 4) is 115 Å². The number of carbonyl (C=O) groups is 4. The number of ether oxygens (including phenoxy) is 8. The van der Waals surface area contributed by atoms with Crippen LogP contribution in [0.1, 0.15) is 74.7 Å². The van der Waals surface area contributed by atoms with Crippen molar-refractivity contribution >= 4 is 35.5 Å². The number of para-hydroxylation sites is 3. The van der Waals surface area contributed by atoms with Gasteiger partial charge in [-0.25, -0.2) is 52.3 Å². The van der Waals surface area contributed by atoms with Crippen LogP contribution in [0.5, 0.6) is 46.5 Å². The summed E-state index contributed by atoms with van der Waals surface area (Å²) in [5.74, 6) is -5.57. The second-order valence-electron chi connectivity index (χ2n) is 21.6. The minimum Gasteiger partial charge on any atom is -0.507 e. The molecule has 0 aliphatic carbocycles. The molecule has 4 aromatic carbocycles. The van der Waals surface area contributed by atoms with Gasteiger partial charge < -0.3 is 58.3 Å². The molecule has 12 aromatic rings. The lowest BCUT2D eigenvalue weighted by Gasteiger charge is -2.13. The quantitative estimate of drug-likeness (QED) is 0.0313. The zero-order valence-electron chi connectivity index (χ0n) is 58.1. The molecule has 0 amide bonds. The van der Waals surface area contributed by atoms with Crippen molar-refractivity contribution < 1.29 is 104 Å². The average Bonchev–Trinajstić information content (AvgIpc) is 1.65. The maximum atomic E-state index is 13.6. The molecule has 0 unspecified atom stereocenters. The van der Waals surface area contributed by atoms with Crippen LogP contribution >= 0.6 is 11.6 Å². The number of phenolic OH excluding ortho intramolecular Hbond substituents is 4. The maximum absolute atomic E-state index is 13.6. The van der Waals surface area contributed by atoms with Crippen LogP contribution in [0, 0.1) is 17.5 Å². The Morgan fingerprint density at radius 1 is 0.389 bits per heavy atom. The van der Waals surface area contributed by atoms with Gasteiger partial charge in [0.1, 0.15) is 39.6 Å². The van der Waals surface area contributed by atoms with E-state index in [2.05, 4.69) is 40.3 Å². The first-order chi connectivity index (χ1) is 51.9. The molecule has 0 aliphatic rings. The van der Waals surface area contributed by atoms with Gasteiger partial charge in [0.25, 0.3) is 0 Å². The van der Waals surface area contributed by atoms with E-state index in [0.29, 0.717) is 34.7 Å². The van der Waals surface area contributed by atoms with Crippen LogP contribution in [0.25, 0.3) is 68.3 Å². The van der Waals surface area contributed by atoms with E-state index in [1.165, 1.54) is 114 Å². The van der Waals surface area contributed by atoms with E-state index >= 15 is 0 Å². The maximum Gasteiger partial charge on any atom is 0.419 e. The summed E-state index contributed by atoms with van der Waals surface area (Å²) >= 11 is 5.97.